The number of phenolic OH excluding ortho intramolecular Hbond substituents is 2. The molecule has 1 fully saturated rings. The van der Waals surface area contributed by atoms with Crippen LogP contribution in [0.4, 0.5) is 0 Å². The number of hydrogen-bond donors (Lipinski definition) is 2. The number of phenols is 2. The first-order valence-corrected chi connectivity index (χ1v) is 8.69. The van der Waals surface area contributed by atoms with Gasteiger partial charge in [-0.05, 0) is 35.4 Å². The van der Waals surface area contributed by atoms with Crippen molar-refractivity contribution >= 4 is 6.29 Å². The van der Waals surface area contributed by atoms with E-state index in [1.165, 1.54) is 31.9 Å². The van der Waals surface area contributed by atoms with Crippen molar-refractivity contribution in [1.82, 2.24) is 0 Å². The molecule has 2 aromatic carbocycles. The van der Waals surface area contributed by atoms with Crippen molar-refractivity contribution < 1.29 is 19.7 Å². The summed E-state index contributed by atoms with van der Waals surface area (Å²) in [6.45, 7) is 2.29. The Morgan fingerprint density at radius 2 is 1.80 bits per heavy atom. The molecule has 4 heteroatoms. The van der Waals surface area contributed by atoms with E-state index in [9.17, 15) is 15.0 Å². The lowest BCUT2D eigenvalue weighted by Gasteiger charge is -2.34. The molecule has 0 unspecified atom stereocenters. The Hall–Kier alpha value is -2.49. The van der Waals surface area contributed by atoms with Crippen LogP contribution in [0.5, 0.6) is 17.2 Å². The molecular weight excluding hydrogens is 316 g/mol. The molecular formula is C21H24O4. The fourth-order valence-corrected chi connectivity index (χ4v) is 3.83. The molecule has 1 aliphatic carbocycles. The van der Waals surface area contributed by atoms with E-state index in [1.54, 1.807) is 6.07 Å². The zero-order chi connectivity index (χ0) is 18.0. The molecule has 0 radical (unpaired) electrons. The SMILES string of the molecule is COc1cc(-c2cccc(C3(C)CCCCC3)c2)c(O)c(C=O)c1O. The number of aldehydes is 1. The molecule has 132 valence electrons. The molecule has 0 aromatic heterocycles. The van der Waals surface area contributed by atoms with Gasteiger partial charge in [0.05, 0.1) is 7.11 Å². The van der Waals surface area contributed by atoms with Crippen molar-refractivity contribution in [3.05, 3.63) is 41.5 Å². The molecule has 3 rings (SSSR count). The van der Waals surface area contributed by atoms with Gasteiger partial charge in [-0.3, -0.25) is 4.79 Å². The van der Waals surface area contributed by atoms with Gasteiger partial charge in [0.25, 0.3) is 0 Å². The lowest BCUT2D eigenvalue weighted by atomic mass is 9.70. The summed E-state index contributed by atoms with van der Waals surface area (Å²) in [5.41, 5.74) is 2.52. The van der Waals surface area contributed by atoms with Gasteiger partial charge in [-0.1, -0.05) is 50.5 Å². The highest BCUT2D eigenvalue weighted by Gasteiger charge is 2.29. The van der Waals surface area contributed by atoms with Crippen molar-refractivity contribution in [2.45, 2.75) is 44.4 Å². The van der Waals surface area contributed by atoms with E-state index in [0.717, 1.165) is 18.4 Å². The quantitative estimate of drug-likeness (QED) is 0.784. The number of carbonyl (C=O) groups is 1. The monoisotopic (exact) mass is 340 g/mol. The average Bonchev–Trinajstić information content (AvgIpc) is 2.63. The van der Waals surface area contributed by atoms with E-state index in [-0.39, 0.29) is 28.2 Å². The third-order valence-corrected chi connectivity index (χ3v) is 5.44. The van der Waals surface area contributed by atoms with E-state index in [2.05, 4.69) is 19.1 Å². The first-order valence-electron chi connectivity index (χ1n) is 8.69. The van der Waals surface area contributed by atoms with Crippen molar-refractivity contribution in [3.8, 4) is 28.4 Å². The Morgan fingerprint density at radius 3 is 2.44 bits per heavy atom. The van der Waals surface area contributed by atoms with Crippen molar-refractivity contribution in [2.75, 3.05) is 7.11 Å². The lowest BCUT2D eigenvalue weighted by molar-refractivity contribution is 0.111. The second-order valence-electron chi connectivity index (χ2n) is 7.06. The highest BCUT2D eigenvalue weighted by molar-refractivity contribution is 5.91. The Kier molecular flexibility index (Phi) is 4.71. The van der Waals surface area contributed by atoms with Crippen molar-refractivity contribution in [2.24, 2.45) is 0 Å². The van der Waals surface area contributed by atoms with Gasteiger partial charge in [0.15, 0.2) is 17.8 Å². The molecule has 2 aromatic rings. The number of carbonyl (C=O) groups excluding carboxylic acids is 1. The standard InChI is InChI=1S/C21H24O4/c1-21(9-4-3-5-10-21)15-8-6-7-14(11-15)16-12-18(25-2)20(24)17(13-22)19(16)23/h6-8,11-13,23-24H,3-5,9-10H2,1-2H3. The molecule has 0 atom stereocenters. The predicted octanol–water partition coefficient (Wildman–Crippen LogP) is 4.81. The number of benzene rings is 2. The molecule has 0 spiro atoms. The molecule has 0 bridgehead atoms. The van der Waals surface area contributed by atoms with Gasteiger partial charge < -0.3 is 14.9 Å². The topological polar surface area (TPSA) is 66.8 Å². The Morgan fingerprint density at radius 1 is 1.08 bits per heavy atom. The normalized spacial score (nSPS) is 16.4. The Labute approximate surface area is 148 Å². The van der Waals surface area contributed by atoms with Crippen LogP contribution in [-0.4, -0.2) is 23.6 Å². The zero-order valence-corrected chi connectivity index (χ0v) is 14.7. The number of aromatic hydroxyl groups is 2. The maximum atomic E-state index is 11.3. The molecule has 2 N–H and O–H groups in total. The van der Waals surface area contributed by atoms with E-state index in [0.29, 0.717) is 11.8 Å². The molecule has 25 heavy (non-hydrogen) atoms. The summed E-state index contributed by atoms with van der Waals surface area (Å²) in [6, 6.07) is 9.65. The molecule has 0 aliphatic heterocycles. The van der Waals surface area contributed by atoms with Crippen LogP contribution in [0.15, 0.2) is 30.3 Å². The van der Waals surface area contributed by atoms with E-state index >= 15 is 0 Å². The first-order chi connectivity index (χ1) is 12.0. The summed E-state index contributed by atoms with van der Waals surface area (Å²) in [6.07, 6.45) is 6.50. The lowest BCUT2D eigenvalue weighted by Crippen LogP contribution is -2.24. The molecule has 0 saturated heterocycles. The van der Waals surface area contributed by atoms with Crippen molar-refractivity contribution in [3.63, 3.8) is 0 Å². The minimum Gasteiger partial charge on any atom is -0.506 e. The maximum absolute atomic E-state index is 11.3. The fourth-order valence-electron chi connectivity index (χ4n) is 3.83. The van der Waals surface area contributed by atoms with Gasteiger partial charge in [0.2, 0.25) is 0 Å². The van der Waals surface area contributed by atoms with Crippen LogP contribution in [0, 0.1) is 0 Å². The highest BCUT2D eigenvalue weighted by Crippen LogP contribution is 2.44. The van der Waals surface area contributed by atoms with E-state index in [1.807, 2.05) is 12.1 Å². The summed E-state index contributed by atoms with van der Waals surface area (Å²) in [4.78, 5) is 11.3. The largest absolute Gasteiger partial charge is 0.506 e. The number of rotatable bonds is 4. The van der Waals surface area contributed by atoms with Crippen LogP contribution in [-0.2, 0) is 5.41 Å². The third-order valence-electron chi connectivity index (χ3n) is 5.44. The van der Waals surface area contributed by atoms with Crippen LogP contribution in [0.1, 0.15) is 54.9 Å². The molecule has 1 aliphatic rings. The van der Waals surface area contributed by atoms with Crippen LogP contribution < -0.4 is 4.74 Å². The molecule has 0 amide bonds. The molecule has 1 saturated carbocycles. The summed E-state index contributed by atoms with van der Waals surface area (Å²) < 4.78 is 5.15. The van der Waals surface area contributed by atoms with Crippen LogP contribution in [0.3, 0.4) is 0 Å². The van der Waals surface area contributed by atoms with Crippen LogP contribution in [0.2, 0.25) is 0 Å². The second kappa shape index (κ2) is 6.79. The van der Waals surface area contributed by atoms with Crippen molar-refractivity contribution in [1.29, 1.82) is 0 Å². The van der Waals surface area contributed by atoms with E-state index in [4.69, 9.17) is 4.74 Å². The van der Waals surface area contributed by atoms with Gasteiger partial charge in [-0.2, -0.15) is 0 Å². The highest BCUT2D eigenvalue weighted by atomic mass is 16.5. The average molecular weight is 340 g/mol. The molecule has 4 nitrogen and oxygen atoms in total. The van der Waals surface area contributed by atoms with Gasteiger partial charge >= 0.3 is 0 Å². The minimum absolute atomic E-state index is 0.137. The molecule has 0 heterocycles. The summed E-state index contributed by atoms with van der Waals surface area (Å²) in [5, 5.41) is 20.5. The van der Waals surface area contributed by atoms with Gasteiger partial charge in [0, 0.05) is 5.56 Å². The Bertz CT molecular complexity index is 789. The van der Waals surface area contributed by atoms with Gasteiger partial charge in [-0.15, -0.1) is 0 Å². The Balaban J connectivity index is 2.11. The van der Waals surface area contributed by atoms with Crippen LogP contribution >= 0.6 is 0 Å². The maximum Gasteiger partial charge on any atom is 0.172 e. The summed E-state index contributed by atoms with van der Waals surface area (Å²) in [7, 11) is 1.42. The minimum atomic E-state index is -0.339. The van der Waals surface area contributed by atoms with Gasteiger partial charge in [0.1, 0.15) is 11.3 Å². The summed E-state index contributed by atoms with van der Waals surface area (Å²) >= 11 is 0. The third kappa shape index (κ3) is 3.09. The number of ether oxygens (including phenoxy) is 1. The van der Waals surface area contributed by atoms with E-state index < -0.39 is 0 Å². The van der Waals surface area contributed by atoms with Gasteiger partial charge in [-0.25, -0.2) is 0 Å². The first kappa shape index (κ1) is 17.3. The summed E-state index contributed by atoms with van der Waals surface area (Å²) in [5.74, 6) is -0.391. The van der Waals surface area contributed by atoms with Crippen LogP contribution in [0.25, 0.3) is 11.1 Å². The predicted molar refractivity (Wildman–Crippen MR) is 97.6 cm³/mol. The number of hydrogen-bond acceptors (Lipinski definition) is 4. The second-order valence-corrected chi connectivity index (χ2v) is 7.06. The number of methoxy groups -OCH3 is 1. The smallest absolute Gasteiger partial charge is 0.172 e. The fraction of sp³-hybridized carbons (Fsp3) is 0.381. The zero-order valence-electron chi connectivity index (χ0n) is 14.7.